The van der Waals surface area contributed by atoms with Gasteiger partial charge in [0.05, 0.1) is 19.0 Å². The molecule has 0 fully saturated rings. The minimum absolute atomic E-state index is 0.670. The van der Waals surface area contributed by atoms with Crippen molar-refractivity contribution in [3.63, 3.8) is 0 Å². The van der Waals surface area contributed by atoms with E-state index in [1.54, 1.807) is 13.3 Å². The molecule has 0 spiro atoms. The van der Waals surface area contributed by atoms with Crippen molar-refractivity contribution in [2.24, 2.45) is 5.92 Å². The summed E-state index contributed by atoms with van der Waals surface area (Å²) in [6, 6.07) is 2.02. The molecule has 3 heteroatoms. The van der Waals surface area contributed by atoms with Crippen molar-refractivity contribution in [1.82, 2.24) is 4.98 Å². The Morgan fingerprint density at radius 2 is 2.27 bits per heavy atom. The number of pyridine rings is 1. The van der Waals surface area contributed by atoms with Crippen LogP contribution in [-0.4, -0.2) is 18.6 Å². The van der Waals surface area contributed by atoms with Crippen LogP contribution in [0, 0.1) is 12.8 Å². The summed E-state index contributed by atoms with van der Waals surface area (Å²) in [6.07, 6.45) is 2.94. The zero-order valence-corrected chi connectivity index (χ0v) is 10.0. The molecule has 1 aromatic heterocycles. The fourth-order valence-corrected chi connectivity index (χ4v) is 1.28. The second-order valence-corrected chi connectivity index (χ2v) is 3.92. The highest BCUT2D eigenvalue weighted by molar-refractivity contribution is 5.55. The molecule has 1 rings (SSSR count). The van der Waals surface area contributed by atoms with Gasteiger partial charge >= 0.3 is 0 Å². The molecule has 1 N–H and O–H groups in total. The minimum Gasteiger partial charge on any atom is -0.493 e. The van der Waals surface area contributed by atoms with E-state index >= 15 is 0 Å². The molecule has 0 aliphatic rings. The van der Waals surface area contributed by atoms with Gasteiger partial charge in [0.1, 0.15) is 0 Å². The van der Waals surface area contributed by atoms with Crippen molar-refractivity contribution in [1.29, 1.82) is 0 Å². The summed E-state index contributed by atoms with van der Waals surface area (Å²) in [6.45, 7) is 7.37. The summed E-state index contributed by atoms with van der Waals surface area (Å²) in [5.74, 6) is 1.48. The topological polar surface area (TPSA) is 34.2 Å². The lowest BCUT2D eigenvalue weighted by Crippen LogP contribution is -2.11. The molecule has 1 atom stereocenters. The Balaban J connectivity index is 2.69. The van der Waals surface area contributed by atoms with Crippen LogP contribution in [0.25, 0.3) is 0 Å². The number of hydrogen-bond acceptors (Lipinski definition) is 3. The molecular formula is C12H20N2O. The van der Waals surface area contributed by atoms with E-state index in [-0.39, 0.29) is 0 Å². The van der Waals surface area contributed by atoms with Crippen LogP contribution in [0.5, 0.6) is 5.75 Å². The van der Waals surface area contributed by atoms with Crippen molar-refractivity contribution in [2.75, 3.05) is 19.0 Å². The van der Waals surface area contributed by atoms with Crippen LogP contribution in [0.4, 0.5) is 5.69 Å². The highest BCUT2D eigenvalue weighted by Crippen LogP contribution is 2.23. The Labute approximate surface area is 91.9 Å². The molecule has 0 saturated carbocycles. The first-order chi connectivity index (χ1) is 7.17. The molecule has 1 heterocycles. The predicted octanol–water partition coefficient (Wildman–Crippen LogP) is 2.86. The molecule has 1 aromatic rings. The fourth-order valence-electron chi connectivity index (χ4n) is 1.28. The Kier molecular flexibility index (Phi) is 4.40. The normalized spacial score (nSPS) is 12.3. The predicted molar refractivity (Wildman–Crippen MR) is 63.5 cm³/mol. The van der Waals surface area contributed by atoms with Crippen molar-refractivity contribution in [2.45, 2.75) is 27.2 Å². The summed E-state index contributed by atoms with van der Waals surface area (Å²) >= 11 is 0. The maximum absolute atomic E-state index is 5.24. The van der Waals surface area contributed by atoms with E-state index in [4.69, 9.17) is 4.74 Å². The number of rotatable bonds is 5. The van der Waals surface area contributed by atoms with Crippen LogP contribution in [-0.2, 0) is 0 Å². The van der Waals surface area contributed by atoms with E-state index in [0.29, 0.717) is 5.92 Å². The van der Waals surface area contributed by atoms with Gasteiger partial charge in [0.25, 0.3) is 0 Å². The van der Waals surface area contributed by atoms with Crippen LogP contribution in [0.2, 0.25) is 0 Å². The van der Waals surface area contributed by atoms with E-state index in [1.165, 1.54) is 6.42 Å². The van der Waals surface area contributed by atoms with Gasteiger partial charge in [-0.05, 0) is 18.9 Å². The summed E-state index contributed by atoms with van der Waals surface area (Å²) in [4.78, 5) is 4.19. The number of anilines is 1. The SMILES string of the molecule is CCC(C)CNc1cc(C)ncc1OC. The summed E-state index contributed by atoms with van der Waals surface area (Å²) in [5.41, 5.74) is 2.03. The van der Waals surface area contributed by atoms with Crippen LogP contribution in [0.1, 0.15) is 26.0 Å². The average Bonchev–Trinajstić information content (AvgIpc) is 2.26. The number of aromatic nitrogens is 1. The van der Waals surface area contributed by atoms with E-state index in [9.17, 15) is 0 Å². The van der Waals surface area contributed by atoms with Gasteiger partial charge in [0.15, 0.2) is 5.75 Å². The largest absolute Gasteiger partial charge is 0.493 e. The zero-order chi connectivity index (χ0) is 11.3. The van der Waals surface area contributed by atoms with Gasteiger partial charge < -0.3 is 10.1 Å². The molecule has 3 nitrogen and oxygen atoms in total. The maximum Gasteiger partial charge on any atom is 0.160 e. The third kappa shape index (κ3) is 3.42. The smallest absolute Gasteiger partial charge is 0.160 e. The van der Waals surface area contributed by atoms with Gasteiger partial charge in [0, 0.05) is 12.2 Å². The third-order valence-electron chi connectivity index (χ3n) is 2.56. The lowest BCUT2D eigenvalue weighted by Gasteiger charge is -2.14. The van der Waals surface area contributed by atoms with Gasteiger partial charge in [-0.2, -0.15) is 0 Å². The lowest BCUT2D eigenvalue weighted by molar-refractivity contribution is 0.414. The zero-order valence-electron chi connectivity index (χ0n) is 10.0. The fraction of sp³-hybridized carbons (Fsp3) is 0.583. The van der Waals surface area contributed by atoms with Crippen LogP contribution in [0.15, 0.2) is 12.3 Å². The van der Waals surface area contributed by atoms with E-state index in [2.05, 4.69) is 24.1 Å². The number of hydrogen-bond donors (Lipinski definition) is 1. The second-order valence-electron chi connectivity index (χ2n) is 3.92. The molecule has 0 aromatic carbocycles. The molecule has 0 bridgehead atoms. The molecular weight excluding hydrogens is 188 g/mol. The van der Waals surface area contributed by atoms with Gasteiger partial charge in [0.2, 0.25) is 0 Å². The van der Waals surface area contributed by atoms with E-state index in [0.717, 1.165) is 23.7 Å². The molecule has 0 aliphatic heterocycles. The maximum atomic E-state index is 5.24. The van der Waals surface area contributed by atoms with Gasteiger partial charge in [-0.1, -0.05) is 20.3 Å². The van der Waals surface area contributed by atoms with Crippen molar-refractivity contribution < 1.29 is 4.74 Å². The lowest BCUT2D eigenvalue weighted by atomic mass is 10.1. The van der Waals surface area contributed by atoms with E-state index in [1.807, 2.05) is 13.0 Å². The summed E-state index contributed by atoms with van der Waals surface area (Å²) < 4.78 is 5.24. The number of nitrogens with zero attached hydrogens (tertiary/aromatic N) is 1. The molecule has 0 radical (unpaired) electrons. The van der Waals surface area contributed by atoms with Crippen LogP contribution in [0.3, 0.4) is 0 Å². The summed E-state index contributed by atoms with van der Waals surface area (Å²) in [5, 5.41) is 3.39. The monoisotopic (exact) mass is 208 g/mol. The first-order valence-corrected chi connectivity index (χ1v) is 5.41. The van der Waals surface area contributed by atoms with Crippen LogP contribution >= 0.6 is 0 Å². The Bertz CT molecular complexity index is 312. The van der Waals surface area contributed by atoms with Gasteiger partial charge in [-0.3, -0.25) is 4.98 Å². The molecule has 1 unspecified atom stereocenters. The molecule has 84 valence electrons. The third-order valence-corrected chi connectivity index (χ3v) is 2.56. The molecule has 0 aliphatic carbocycles. The number of methoxy groups -OCH3 is 1. The molecule has 0 amide bonds. The van der Waals surface area contributed by atoms with Crippen LogP contribution < -0.4 is 10.1 Å². The highest BCUT2D eigenvalue weighted by Gasteiger charge is 2.05. The van der Waals surface area contributed by atoms with Gasteiger partial charge in [-0.25, -0.2) is 0 Å². The quantitative estimate of drug-likeness (QED) is 0.808. The standard InChI is InChI=1S/C12H20N2O/c1-5-9(2)7-14-11-6-10(3)13-8-12(11)15-4/h6,8-9H,5,7H2,1-4H3,(H,13,14). The first kappa shape index (κ1) is 11.8. The number of ether oxygens (including phenoxy) is 1. The highest BCUT2D eigenvalue weighted by atomic mass is 16.5. The van der Waals surface area contributed by atoms with Crippen molar-refractivity contribution >= 4 is 5.69 Å². The van der Waals surface area contributed by atoms with Gasteiger partial charge in [-0.15, -0.1) is 0 Å². The average molecular weight is 208 g/mol. The van der Waals surface area contributed by atoms with E-state index < -0.39 is 0 Å². The second kappa shape index (κ2) is 5.59. The Hall–Kier alpha value is -1.25. The molecule has 15 heavy (non-hydrogen) atoms. The Morgan fingerprint density at radius 3 is 2.87 bits per heavy atom. The number of nitrogens with one attached hydrogen (secondary N) is 1. The Morgan fingerprint density at radius 1 is 1.53 bits per heavy atom. The van der Waals surface area contributed by atoms with Crippen molar-refractivity contribution in [3.05, 3.63) is 18.0 Å². The summed E-state index contributed by atoms with van der Waals surface area (Å²) in [7, 11) is 1.67. The number of aryl methyl sites for hydroxylation is 1. The van der Waals surface area contributed by atoms with Crippen molar-refractivity contribution in [3.8, 4) is 5.75 Å². The minimum atomic E-state index is 0.670. The molecule has 0 saturated heterocycles. The first-order valence-electron chi connectivity index (χ1n) is 5.41.